The van der Waals surface area contributed by atoms with Crippen molar-refractivity contribution in [3.63, 3.8) is 0 Å². The average Bonchev–Trinajstić information content (AvgIpc) is 2.98. The van der Waals surface area contributed by atoms with Gasteiger partial charge in [0, 0.05) is 22.8 Å². The summed E-state index contributed by atoms with van der Waals surface area (Å²) >= 11 is 6.10. The van der Waals surface area contributed by atoms with Crippen LogP contribution in [0.1, 0.15) is 19.4 Å². The summed E-state index contributed by atoms with van der Waals surface area (Å²) in [6, 6.07) is 9.50. The zero-order valence-corrected chi connectivity index (χ0v) is 14.9. The summed E-state index contributed by atoms with van der Waals surface area (Å²) in [6.07, 6.45) is 1.74. The molecule has 3 aromatic rings. The Labute approximate surface area is 149 Å². The number of fused-ring (bicyclic) bond motifs is 1. The summed E-state index contributed by atoms with van der Waals surface area (Å²) in [4.78, 5) is 15.9. The highest BCUT2D eigenvalue weighted by molar-refractivity contribution is 6.32. The number of hydrogen-bond acceptors (Lipinski definition) is 2. The molecule has 0 spiro atoms. The summed E-state index contributed by atoms with van der Waals surface area (Å²) in [6.45, 7) is 3.59. The molecule has 0 aliphatic heterocycles. The van der Waals surface area contributed by atoms with Crippen LogP contribution < -0.4 is 10.1 Å². The monoisotopic (exact) mass is 360 g/mol. The third kappa shape index (κ3) is 3.20. The summed E-state index contributed by atoms with van der Waals surface area (Å²) < 4.78 is 18.7. The molecule has 2 N–H and O–H groups in total. The van der Waals surface area contributed by atoms with E-state index in [-0.39, 0.29) is 11.7 Å². The molecule has 0 unspecified atom stereocenters. The number of methoxy groups -OCH3 is 1. The third-order valence-electron chi connectivity index (χ3n) is 4.29. The largest absolute Gasteiger partial charge is 0.495 e. The first-order chi connectivity index (χ1) is 11.8. The number of aromatic amines is 1. The van der Waals surface area contributed by atoms with Gasteiger partial charge in [-0.3, -0.25) is 4.79 Å². The maximum Gasteiger partial charge on any atom is 0.234 e. The Morgan fingerprint density at radius 2 is 2.00 bits per heavy atom. The third-order valence-corrected chi connectivity index (χ3v) is 4.59. The Hall–Kier alpha value is -2.53. The second-order valence-corrected chi connectivity index (χ2v) is 6.73. The molecule has 0 bridgehead atoms. The van der Waals surface area contributed by atoms with Crippen molar-refractivity contribution in [1.29, 1.82) is 0 Å². The Kier molecular flexibility index (Phi) is 4.43. The van der Waals surface area contributed by atoms with Crippen LogP contribution in [0.2, 0.25) is 5.02 Å². The van der Waals surface area contributed by atoms with Crippen LogP contribution in [0.4, 0.5) is 10.1 Å². The van der Waals surface area contributed by atoms with Gasteiger partial charge in [-0.25, -0.2) is 4.39 Å². The molecule has 4 nitrogen and oxygen atoms in total. The fraction of sp³-hybridized carbons (Fsp3) is 0.211. The van der Waals surface area contributed by atoms with E-state index >= 15 is 0 Å². The summed E-state index contributed by atoms with van der Waals surface area (Å²) in [5.74, 6) is -0.0311. The molecule has 130 valence electrons. The molecule has 0 saturated carbocycles. The maximum atomic E-state index is 13.6. The first-order valence-electron chi connectivity index (χ1n) is 7.75. The van der Waals surface area contributed by atoms with Crippen LogP contribution in [-0.2, 0) is 10.2 Å². The van der Waals surface area contributed by atoms with Gasteiger partial charge >= 0.3 is 0 Å². The molecule has 3 rings (SSSR count). The number of aromatic nitrogens is 1. The highest BCUT2D eigenvalue weighted by atomic mass is 35.5. The number of nitrogens with one attached hydrogen (secondary N) is 2. The number of halogens is 2. The number of carbonyl (C=O) groups is 1. The molecule has 0 fully saturated rings. The molecule has 1 aromatic heterocycles. The van der Waals surface area contributed by atoms with Crippen LogP contribution in [-0.4, -0.2) is 18.0 Å². The zero-order valence-electron chi connectivity index (χ0n) is 14.1. The van der Waals surface area contributed by atoms with Gasteiger partial charge in [0.15, 0.2) is 0 Å². The number of benzene rings is 2. The lowest BCUT2D eigenvalue weighted by Crippen LogP contribution is -2.34. The topological polar surface area (TPSA) is 54.1 Å². The number of anilines is 1. The molecule has 6 heteroatoms. The van der Waals surface area contributed by atoms with Crippen LogP contribution in [0, 0.1) is 5.82 Å². The van der Waals surface area contributed by atoms with Crippen molar-refractivity contribution in [2.24, 2.45) is 0 Å². The van der Waals surface area contributed by atoms with Crippen molar-refractivity contribution in [2.75, 3.05) is 12.4 Å². The number of carbonyl (C=O) groups excluding carboxylic acids is 1. The average molecular weight is 361 g/mol. The summed E-state index contributed by atoms with van der Waals surface area (Å²) in [7, 11) is 1.53. The molecular weight excluding hydrogens is 343 g/mol. The molecule has 0 aliphatic carbocycles. The van der Waals surface area contributed by atoms with Gasteiger partial charge in [-0.1, -0.05) is 11.6 Å². The highest BCUT2D eigenvalue weighted by Gasteiger charge is 2.32. The van der Waals surface area contributed by atoms with Gasteiger partial charge in [0.2, 0.25) is 5.91 Å². The molecule has 2 aromatic carbocycles. The Bertz CT molecular complexity index is 950. The zero-order chi connectivity index (χ0) is 18.2. The molecule has 0 atom stereocenters. The van der Waals surface area contributed by atoms with E-state index in [1.165, 1.54) is 19.2 Å². The van der Waals surface area contributed by atoms with Gasteiger partial charge in [-0.2, -0.15) is 0 Å². The molecule has 0 saturated heterocycles. The lowest BCUT2D eigenvalue weighted by Gasteiger charge is -2.23. The molecule has 1 heterocycles. The highest BCUT2D eigenvalue weighted by Crippen LogP contribution is 2.33. The minimum Gasteiger partial charge on any atom is -0.495 e. The standard InChI is InChI=1S/C19H18ClFN2O2/c1-19(2,14-10-22-16-6-4-11(21)8-13(14)16)18(24)23-12-5-7-17(25-3)15(20)9-12/h4-10,22H,1-3H3,(H,23,24). The maximum absolute atomic E-state index is 13.6. The van der Waals surface area contributed by atoms with Crippen molar-refractivity contribution in [2.45, 2.75) is 19.3 Å². The van der Waals surface area contributed by atoms with Crippen molar-refractivity contribution >= 4 is 34.1 Å². The number of rotatable bonds is 4. The van der Waals surface area contributed by atoms with Gasteiger partial charge in [-0.05, 0) is 55.8 Å². The van der Waals surface area contributed by atoms with Gasteiger partial charge in [-0.15, -0.1) is 0 Å². The van der Waals surface area contributed by atoms with Crippen LogP contribution in [0.3, 0.4) is 0 Å². The Morgan fingerprint density at radius 1 is 1.24 bits per heavy atom. The van der Waals surface area contributed by atoms with E-state index in [2.05, 4.69) is 10.3 Å². The van der Waals surface area contributed by atoms with E-state index in [4.69, 9.17) is 16.3 Å². The van der Waals surface area contributed by atoms with Gasteiger partial charge < -0.3 is 15.0 Å². The summed E-state index contributed by atoms with van der Waals surface area (Å²) in [5.41, 5.74) is 1.19. The van der Waals surface area contributed by atoms with Crippen LogP contribution in [0.5, 0.6) is 5.75 Å². The first kappa shape index (κ1) is 17.3. The smallest absolute Gasteiger partial charge is 0.234 e. The van der Waals surface area contributed by atoms with Gasteiger partial charge in [0.25, 0.3) is 0 Å². The molecule has 0 aliphatic rings. The molecule has 25 heavy (non-hydrogen) atoms. The van der Waals surface area contributed by atoms with E-state index in [1.54, 1.807) is 44.3 Å². The van der Waals surface area contributed by atoms with Crippen molar-refractivity contribution in [3.05, 3.63) is 59.0 Å². The minimum absolute atomic E-state index is 0.223. The van der Waals surface area contributed by atoms with Gasteiger partial charge in [0.1, 0.15) is 11.6 Å². The fourth-order valence-corrected chi connectivity index (χ4v) is 3.02. The lowest BCUT2D eigenvalue weighted by molar-refractivity contribution is -0.120. The number of ether oxygens (including phenoxy) is 1. The molecular formula is C19H18ClFN2O2. The van der Waals surface area contributed by atoms with E-state index in [9.17, 15) is 9.18 Å². The Morgan fingerprint density at radius 3 is 2.68 bits per heavy atom. The van der Waals surface area contributed by atoms with Crippen LogP contribution >= 0.6 is 11.6 Å². The SMILES string of the molecule is COc1ccc(NC(=O)C(C)(C)c2c[nH]c3ccc(F)cc23)cc1Cl. The Balaban J connectivity index is 1.91. The van der Waals surface area contributed by atoms with E-state index in [0.29, 0.717) is 21.8 Å². The van der Waals surface area contributed by atoms with Crippen LogP contribution in [0.25, 0.3) is 10.9 Å². The minimum atomic E-state index is -0.877. The quantitative estimate of drug-likeness (QED) is 0.696. The second kappa shape index (κ2) is 6.41. The van der Waals surface area contributed by atoms with E-state index < -0.39 is 5.41 Å². The molecule has 0 radical (unpaired) electrons. The predicted molar refractivity (Wildman–Crippen MR) is 97.9 cm³/mol. The second-order valence-electron chi connectivity index (χ2n) is 6.32. The number of hydrogen-bond donors (Lipinski definition) is 2. The fourth-order valence-electron chi connectivity index (χ4n) is 2.76. The first-order valence-corrected chi connectivity index (χ1v) is 8.13. The van der Waals surface area contributed by atoms with Crippen molar-refractivity contribution < 1.29 is 13.9 Å². The lowest BCUT2D eigenvalue weighted by atomic mass is 9.83. The van der Waals surface area contributed by atoms with Crippen LogP contribution in [0.15, 0.2) is 42.6 Å². The molecule has 1 amide bonds. The van der Waals surface area contributed by atoms with Gasteiger partial charge in [0.05, 0.1) is 17.5 Å². The van der Waals surface area contributed by atoms with Crippen molar-refractivity contribution in [3.8, 4) is 5.75 Å². The van der Waals surface area contributed by atoms with E-state index in [0.717, 1.165) is 11.1 Å². The number of H-pyrrole nitrogens is 1. The van der Waals surface area contributed by atoms with Crippen molar-refractivity contribution in [1.82, 2.24) is 4.98 Å². The predicted octanol–water partition coefficient (Wildman–Crippen LogP) is 4.89. The number of amides is 1. The normalized spacial score (nSPS) is 11.6. The van der Waals surface area contributed by atoms with E-state index in [1.807, 2.05) is 0 Å². The summed E-state index contributed by atoms with van der Waals surface area (Å²) in [5, 5.41) is 3.95.